The summed E-state index contributed by atoms with van der Waals surface area (Å²) in [5, 5.41) is 18.4. The molecule has 0 aromatic heterocycles. The minimum absolute atomic E-state index is 0.0866. The van der Waals surface area contributed by atoms with Crippen LogP contribution in [-0.2, 0) is 0 Å². The van der Waals surface area contributed by atoms with Crippen molar-refractivity contribution in [2.45, 2.75) is 45.9 Å². The number of hydrogen-bond donors (Lipinski definition) is 4. The number of ether oxygens (including phenoxy) is 1. The molecule has 0 saturated heterocycles. The zero-order chi connectivity index (χ0) is 16.5. The Morgan fingerprint density at radius 3 is 2.32 bits per heavy atom. The summed E-state index contributed by atoms with van der Waals surface area (Å²) in [6.45, 7) is 8.56. The van der Waals surface area contributed by atoms with Crippen LogP contribution >= 0.6 is 0 Å². The second-order valence-electron chi connectivity index (χ2n) is 5.81. The van der Waals surface area contributed by atoms with Gasteiger partial charge in [-0.15, -0.1) is 0 Å². The van der Waals surface area contributed by atoms with Crippen LogP contribution in [0.3, 0.4) is 0 Å². The molecule has 0 radical (unpaired) electrons. The third-order valence-electron chi connectivity index (χ3n) is 2.74. The summed E-state index contributed by atoms with van der Waals surface area (Å²) in [6, 6.07) is 7.21. The minimum Gasteiger partial charge on any atom is -0.491 e. The van der Waals surface area contributed by atoms with E-state index < -0.39 is 6.10 Å². The van der Waals surface area contributed by atoms with Crippen molar-refractivity contribution in [1.29, 1.82) is 0 Å². The highest BCUT2D eigenvalue weighted by Crippen LogP contribution is 2.15. The number of rotatable bonds is 8. The van der Waals surface area contributed by atoms with E-state index in [1.165, 1.54) is 0 Å². The zero-order valence-electron chi connectivity index (χ0n) is 13.7. The standard InChI is InChI=1S/C16H27N3O3/c1-11(2)17-9-14(20)10-22-15-7-5-13(6-8-15)19-16(21)18-12(3)4/h5-8,11-12,14,17,20H,9-10H2,1-4H3,(H2,18,19,21). The van der Waals surface area contributed by atoms with E-state index in [9.17, 15) is 9.90 Å². The zero-order valence-corrected chi connectivity index (χ0v) is 13.7. The molecule has 4 N–H and O–H groups in total. The Hall–Kier alpha value is -1.79. The van der Waals surface area contributed by atoms with E-state index >= 15 is 0 Å². The number of anilines is 1. The van der Waals surface area contributed by atoms with E-state index in [0.29, 0.717) is 24.0 Å². The maximum atomic E-state index is 11.6. The highest BCUT2D eigenvalue weighted by Gasteiger charge is 2.07. The van der Waals surface area contributed by atoms with E-state index in [2.05, 4.69) is 16.0 Å². The Labute approximate surface area is 132 Å². The third kappa shape index (κ3) is 7.85. The van der Waals surface area contributed by atoms with Gasteiger partial charge in [-0.1, -0.05) is 13.8 Å². The number of nitrogens with one attached hydrogen (secondary N) is 3. The molecule has 1 atom stereocenters. The van der Waals surface area contributed by atoms with Gasteiger partial charge in [-0.3, -0.25) is 0 Å². The average molecular weight is 309 g/mol. The van der Waals surface area contributed by atoms with Crippen LogP contribution < -0.4 is 20.7 Å². The van der Waals surface area contributed by atoms with Crippen molar-refractivity contribution in [1.82, 2.24) is 10.6 Å². The van der Waals surface area contributed by atoms with Gasteiger partial charge in [0.2, 0.25) is 0 Å². The van der Waals surface area contributed by atoms with E-state index in [4.69, 9.17) is 4.74 Å². The maximum absolute atomic E-state index is 11.6. The first-order valence-electron chi connectivity index (χ1n) is 7.58. The molecule has 0 aliphatic carbocycles. The molecule has 0 aliphatic heterocycles. The second kappa shape index (κ2) is 9.27. The lowest BCUT2D eigenvalue weighted by atomic mass is 10.3. The van der Waals surface area contributed by atoms with Gasteiger partial charge in [0.1, 0.15) is 18.5 Å². The quantitative estimate of drug-likeness (QED) is 0.591. The highest BCUT2D eigenvalue weighted by molar-refractivity contribution is 5.89. The molecule has 1 rings (SSSR count). The maximum Gasteiger partial charge on any atom is 0.319 e. The SMILES string of the molecule is CC(C)NCC(O)COc1ccc(NC(=O)NC(C)C)cc1. The fourth-order valence-electron chi connectivity index (χ4n) is 1.69. The van der Waals surface area contributed by atoms with Gasteiger partial charge in [0.15, 0.2) is 0 Å². The molecule has 0 fully saturated rings. The van der Waals surface area contributed by atoms with Crippen molar-refractivity contribution < 1.29 is 14.6 Å². The lowest BCUT2D eigenvalue weighted by Gasteiger charge is -2.15. The molecular formula is C16H27N3O3. The Kier molecular flexibility index (Phi) is 7.70. The summed E-state index contributed by atoms with van der Waals surface area (Å²) >= 11 is 0. The van der Waals surface area contributed by atoms with Gasteiger partial charge in [-0.05, 0) is 38.1 Å². The Balaban J connectivity index is 2.37. The first-order chi connectivity index (χ1) is 10.4. The molecular weight excluding hydrogens is 282 g/mol. The number of benzene rings is 1. The van der Waals surface area contributed by atoms with Gasteiger partial charge in [0, 0.05) is 24.3 Å². The molecule has 6 nitrogen and oxygen atoms in total. The van der Waals surface area contributed by atoms with Gasteiger partial charge in [0.05, 0.1) is 0 Å². The smallest absolute Gasteiger partial charge is 0.319 e. The summed E-state index contributed by atoms with van der Waals surface area (Å²) in [5.41, 5.74) is 0.688. The van der Waals surface area contributed by atoms with Crippen molar-refractivity contribution in [3.05, 3.63) is 24.3 Å². The summed E-state index contributed by atoms with van der Waals surface area (Å²) in [4.78, 5) is 11.6. The summed E-state index contributed by atoms with van der Waals surface area (Å²) < 4.78 is 5.51. The lowest BCUT2D eigenvalue weighted by molar-refractivity contribution is 0.104. The van der Waals surface area contributed by atoms with Crippen LogP contribution in [0.4, 0.5) is 10.5 Å². The molecule has 22 heavy (non-hydrogen) atoms. The normalized spacial score (nSPS) is 12.3. The number of aliphatic hydroxyl groups is 1. The summed E-state index contributed by atoms with van der Waals surface area (Å²) in [6.07, 6.45) is -0.558. The van der Waals surface area contributed by atoms with Crippen LogP contribution in [0.15, 0.2) is 24.3 Å². The molecule has 0 heterocycles. The molecule has 2 amide bonds. The van der Waals surface area contributed by atoms with Crippen LogP contribution in [0.25, 0.3) is 0 Å². The molecule has 6 heteroatoms. The van der Waals surface area contributed by atoms with Crippen LogP contribution in [-0.4, -0.2) is 42.5 Å². The largest absolute Gasteiger partial charge is 0.491 e. The molecule has 0 saturated carbocycles. The number of hydrogen-bond acceptors (Lipinski definition) is 4. The fraction of sp³-hybridized carbons (Fsp3) is 0.562. The van der Waals surface area contributed by atoms with Gasteiger partial charge >= 0.3 is 6.03 Å². The molecule has 0 aliphatic rings. The van der Waals surface area contributed by atoms with Gasteiger partial charge in [0.25, 0.3) is 0 Å². The van der Waals surface area contributed by atoms with E-state index in [1.54, 1.807) is 24.3 Å². The minimum atomic E-state index is -0.558. The monoisotopic (exact) mass is 309 g/mol. The van der Waals surface area contributed by atoms with Crippen molar-refractivity contribution in [2.24, 2.45) is 0 Å². The lowest BCUT2D eigenvalue weighted by Crippen LogP contribution is -2.35. The number of aliphatic hydroxyl groups excluding tert-OH is 1. The number of urea groups is 1. The van der Waals surface area contributed by atoms with Crippen LogP contribution in [0.2, 0.25) is 0 Å². The first-order valence-corrected chi connectivity index (χ1v) is 7.58. The van der Waals surface area contributed by atoms with Gasteiger partial charge < -0.3 is 25.8 Å². The predicted molar refractivity (Wildman–Crippen MR) is 88.4 cm³/mol. The van der Waals surface area contributed by atoms with Crippen LogP contribution in [0.5, 0.6) is 5.75 Å². The average Bonchev–Trinajstić information content (AvgIpc) is 2.43. The number of amides is 2. The summed E-state index contributed by atoms with van der Waals surface area (Å²) in [5.74, 6) is 0.651. The molecule has 0 bridgehead atoms. The molecule has 0 spiro atoms. The van der Waals surface area contributed by atoms with Gasteiger partial charge in [-0.2, -0.15) is 0 Å². The molecule has 124 valence electrons. The number of carbonyl (C=O) groups is 1. The van der Waals surface area contributed by atoms with Crippen molar-refractivity contribution >= 4 is 11.7 Å². The highest BCUT2D eigenvalue weighted by atomic mass is 16.5. The summed E-state index contributed by atoms with van der Waals surface area (Å²) in [7, 11) is 0. The van der Waals surface area contributed by atoms with E-state index in [1.807, 2.05) is 27.7 Å². The molecule has 1 unspecified atom stereocenters. The second-order valence-corrected chi connectivity index (χ2v) is 5.81. The van der Waals surface area contributed by atoms with E-state index in [0.717, 1.165) is 0 Å². The molecule has 1 aromatic rings. The van der Waals surface area contributed by atoms with Crippen molar-refractivity contribution in [3.63, 3.8) is 0 Å². The number of carbonyl (C=O) groups excluding carboxylic acids is 1. The first kappa shape index (κ1) is 18.3. The van der Waals surface area contributed by atoms with E-state index in [-0.39, 0.29) is 18.7 Å². The Morgan fingerprint density at radius 2 is 1.77 bits per heavy atom. The predicted octanol–water partition coefficient (Wildman–Crippen LogP) is 1.95. The molecule has 1 aromatic carbocycles. The third-order valence-corrected chi connectivity index (χ3v) is 2.74. The van der Waals surface area contributed by atoms with Crippen molar-refractivity contribution in [3.8, 4) is 5.75 Å². The van der Waals surface area contributed by atoms with Gasteiger partial charge in [-0.25, -0.2) is 4.79 Å². The van der Waals surface area contributed by atoms with Crippen LogP contribution in [0, 0.1) is 0 Å². The van der Waals surface area contributed by atoms with Crippen molar-refractivity contribution in [2.75, 3.05) is 18.5 Å². The van der Waals surface area contributed by atoms with Crippen LogP contribution in [0.1, 0.15) is 27.7 Å². The topological polar surface area (TPSA) is 82.6 Å². The Bertz CT molecular complexity index is 446. The Morgan fingerprint density at radius 1 is 1.14 bits per heavy atom. The fourth-order valence-corrected chi connectivity index (χ4v) is 1.69.